The van der Waals surface area contributed by atoms with Crippen LogP contribution in [0.15, 0.2) is 30.4 Å². The third-order valence-corrected chi connectivity index (χ3v) is 6.70. The van der Waals surface area contributed by atoms with E-state index >= 15 is 0 Å². The van der Waals surface area contributed by atoms with Gasteiger partial charge in [0, 0.05) is 0 Å². The minimum atomic E-state index is -4.65. The Morgan fingerprint density at radius 3 is 2.08 bits per heavy atom. The summed E-state index contributed by atoms with van der Waals surface area (Å²) in [5.74, 6) is -1.55. The van der Waals surface area contributed by atoms with Crippen molar-refractivity contribution in [2.45, 2.75) is 19.0 Å². The van der Waals surface area contributed by atoms with E-state index in [0.29, 0.717) is 0 Å². The van der Waals surface area contributed by atoms with Gasteiger partial charge >= 0.3 is 6.18 Å². The molecule has 4 aliphatic rings. The maximum atomic E-state index is 13.1. The van der Waals surface area contributed by atoms with Gasteiger partial charge in [0.15, 0.2) is 0 Å². The van der Waals surface area contributed by atoms with Crippen molar-refractivity contribution in [1.82, 2.24) is 0 Å². The molecule has 4 unspecified atom stereocenters. The van der Waals surface area contributed by atoms with E-state index in [9.17, 15) is 22.8 Å². The first-order chi connectivity index (χ1) is 11.8. The number of benzene rings is 1. The van der Waals surface area contributed by atoms with Gasteiger partial charge in [0.05, 0.1) is 28.1 Å². The Kier molecular flexibility index (Phi) is 2.76. The molecule has 2 amide bonds. The van der Waals surface area contributed by atoms with Crippen LogP contribution in [-0.4, -0.2) is 11.8 Å². The largest absolute Gasteiger partial charge is 0.417 e. The van der Waals surface area contributed by atoms with E-state index in [-0.39, 0.29) is 34.8 Å². The van der Waals surface area contributed by atoms with Gasteiger partial charge in [-0.15, -0.1) is 0 Å². The van der Waals surface area contributed by atoms with Gasteiger partial charge in [0.1, 0.15) is 0 Å². The first kappa shape index (κ1) is 15.4. The number of nitrogens with zero attached hydrogens (tertiary/aromatic N) is 1. The van der Waals surface area contributed by atoms with Crippen LogP contribution in [-0.2, 0) is 15.8 Å². The number of rotatable bonds is 1. The SMILES string of the molecule is O=C1C2C(C(=O)N1c1ccc(Cl)c(C(F)(F)F)c1)C1C=CC2C12CC2. The molecule has 0 N–H and O–H groups in total. The summed E-state index contributed by atoms with van der Waals surface area (Å²) < 4.78 is 39.3. The van der Waals surface area contributed by atoms with E-state index in [1.165, 1.54) is 6.07 Å². The molecule has 3 aliphatic carbocycles. The van der Waals surface area contributed by atoms with Crippen LogP contribution in [0.3, 0.4) is 0 Å². The quantitative estimate of drug-likeness (QED) is 0.554. The number of imide groups is 1. The first-order valence-corrected chi connectivity index (χ1v) is 8.56. The zero-order chi connectivity index (χ0) is 17.7. The van der Waals surface area contributed by atoms with Crippen molar-refractivity contribution in [1.29, 1.82) is 0 Å². The van der Waals surface area contributed by atoms with E-state index in [0.717, 1.165) is 29.9 Å². The highest BCUT2D eigenvalue weighted by atomic mass is 35.5. The third kappa shape index (κ3) is 1.78. The smallest absolute Gasteiger partial charge is 0.274 e. The lowest BCUT2D eigenvalue weighted by molar-refractivity contribution is -0.137. The number of amides is 2. The fraction of sp³-hybridized carbons (Fsp3) is 0.444. The summed E-state index contributed by atoms with van der Waals surface area (Å²) in [7, 11) is 0. The maximum absolute atomic E-state index is 13.1. The molecule has 25 heavy (non-hydrogen) atoms. The molecule has 2 saturated carbocycles. The predicted octanol–water partition coefficient (Wildman–Crippen LogP) is 4.06. The molecule has 5 rings (SSSR count). The van der Waals surface area contributed by atoms with Crippen LogP contribution in [0.1, 0.15) is 18.4 Å². The molecule has 1 saturated heterocycles. The number of halogens is 4. The molecule has 2 bridgehead atoms. The van der Waals surface area contributed by atoms with E-state index in [4.69, 9.17) is 11.6 Å². The normalized spacial score (nSPS) is 34.3. The molecule has 3 fully saturated rings. The number of alkyl halides is 3. The third-order valence-electron chi connectivity index (χ3n) is 6.37. The highest BCUT2D eigenvalue weighted by Crippen LogP contribution is 2.73. The number of anilines is 1. The van der Waals surface area contributed by atoms with Gasteiger partial charge in [-0.3, -0.25) is 14.5 Å². The molecule has 0 radical (unpaired) electrons. The van der Waals surface area contributed by atoms with Crippen molar-refractivity contribution in [3.63, 3.8) is 0 Å². The lowest BCUT2D eigenvalue weighted by Crippen LogP contribution is -2.34. The van der Waals surface area contributed by atoms with Crippen LogP contribution < -0.4 is 4.90 Å². The van der Waals surface area contributed by atoms with E-state index in [1.807, 2.05) is 12.2 Å². The summed E-state index contributed by atoms with van der Waals surface area (Å²) in [6.07, 6.45) is 1.44. The average molecular weight is 368 g/mol. The van der Waals surface area contributed by atoms with Gasteiger partial charge in [-0.05, 0) is 48.3 Å². The Morgan fingerprint density at radius 1 is 1.04 bits per heavy atom. The fourth-order valence-corrected chi connectivity index (χ4v) is 5.43. The molecule has 4 atom stereocenters. The summed E-state index contributed by atoms with van der Waals surface area (Å²) in [5, 5.41) is -0.450. The minimum absolute atomic E-state index is 0.0401. The number of carbonyl (C=O) groups is 2. The second-order valence-electron chi connectivity index (χ2n) is 7.39. The Balaban J connectivity index is 1.56. The zero-order valence-electron chi connectivity index (χ0n) is 12.9. The molecule has 130 valence electrons. The highest BCUT2D eigenvalue weighted by Gasteiger charge is 2.73. The van der Waals surface area contributed by atoms with Crippen molar-refractivity contribution >= 4 is 29.1 Å². The van der Waals surface area contributed by atoms with Crippen molar-refractivity contribution < 1.29 is 22.8 Å². The van der Waals surface area contributed by atoms with Crippen LogP contribution >= 0.6 is 11.6 Å². The second-order valence-corrected chi connectivity index (χ2v) is 7.80. The standard InChI is InChI=1S/C18H13ClF3NO2/c19-12-4-1-8(7-11(12)18(20,21)22)23-15(24)13-9-2-3-10(14(13)16(23)25)17(9)5-6-17/h1-4,7,9-10,13-14H,5-6H2. The fourth-order valence-electron chi connectivity index (χ4n) is 5.20. The van der Waals surface area contributed by atoms with Crippen LogP contribution in [0.2, 0.25) is 5.02 Å². The van der Waals surface area contributed by atoms with Crippen molar-refractivity contribution in [3.05, 3.63) is 40.9 Å². The van der Waals surface area contributed by atoms with Gasteiger partial charge in [0.25, 0.3) is 0 Å². The van der Waals surface area contributed by atoms with Crippen molar-refractivity contribution in [2.75, 3.05) is 4.90 Å². The highest BCUT2D eigenvalue weighted by molar-refractivity contribution is 6.31. The van der Waals surface area contributed by atoms with Gasteiger partial charge in [-0.25, -0.2) is 0 Å². The molecule has 1 aromatic carbocycles. The minimum Gasteiger partial charge on any atom is -0.274 e. The average Bonchev–Trinajstić information content (AvgIpc) is 3.13. The van der Waals surface area contributed by atoms with E-state index in [2.05, 4.69) is 0 Å². The molecule has 1 aliphatic heterocycles. The van der Waals surface area contributed by atoms with Gasteiger partial charge in [-0.1, -0.05) is 23.8 Å². The summed E-state index contributed by atoms with van der Waals surface area (Å²) in [6, 6.07) is 3.18. The zero-order valence-corrected chi connectivity index (χ0v) is 13.6. The Bertz CT molecular complexity index is 824. The molecule has 1 aromatic rings. The predicted molar refractivity (Wildman–Crippen MR) is 83.7 cm³/mol. The number of hydrogen-bond acceptors (Lipinski definition) is 2. The Morgan fingerprint density at radius 2 is 1.60 bits per heavy atom. The topological polar surface area (TPSA) is 37.4 Å². The Hall–Kier alpha value is -1.82. The summed E-state index contributed by atoms with van der Waals surface area (Å²) >= 11 is 5.64. The van der Waals surface area contributed by atoms with Crippen LogP contribution in [0, 0.1) is 29.1 Å². The molecular weight excluding hydrogens is 355 g/mol. The van der Waals surface area contributed by atoms with E-state index in [1.54, 1.807) is 0 Å². The van der Waals surface area contributed by atoms with Crippen molar-refractivity contribution in [2.24, 2.45) is 29.1 Å². The van der Waals surface area contributed by atoms with Crippen LogP contribution in [0.5, 0.6) is 0 Å². The summed E-state index contributed by atoms with van der Waals surface area (Å²) in [4.78, 5) is 26.7. The number of hydrogen-bond donors (Lipinski definition) is 0. The molecule has 1 spiro atoms. The van der Waals surface area contributed by atoms with E-state index < -0.39 is 28.6 Å². The second kappa shape index (κ2) is 4.47. The van der Waals surface area contributed by atoms with Crippen LogP contribution in [0.4, 0.5) is 18.9 Å². The number of fused-ring (bicyclic) bond motifs is 3. The van der Waals surface area contributed by atoms with Crippen molar-refractivity contribution in [3.8, 4) is 0 Å². The summed E-state index contributed by atoms with van der Waals surface area (Å²) in [6.45, 7) is 0. The lowest BCUT2D eigenvalue weighted by Gasteiger charge is -2.22. The first-order valence-electron chi connectivity index (χ1n) is 8.18. The monoisotopic (exact) mass is 367 g/mol. The number of allylic oxidation sites excluding steroid dienone is 2. The lowest BCUT2D eigenvalue weighted by atomic mass is 9.85. The molecule has 1 heterocycles. The molecule has 0 aromatic heterocycles. The molecule has 7 heteroatoms. The molecule has 3 nitrogen and oxygen atoms in total. The maximum Gasteiger partial charge on any atom is 0.417 e. The van der Waals surface area contributed by atoms with Crippen LogP contribution in [0.25, 0.3) is 0 Å². The van der Waals surface area contributed by atoms with Gasteiger partial charge in [0.2, 0.25) is 11.8 Å². The summed E-state index contributed by atoms with van der Waals surface area (Å²) in [5.41, 5.74) is -1.03. The van der Waals surface area contributed by atoms with Gasteiger partial charge in [-0.2, -0.15) is 13.2 Å². The number of carbonyl (C=O) groups excluding carboxylic acids is 2. The Labute approximate surface area is 146 Å². The molecular formula is C18H13ClF3NO2. The van der Waals surface area contributed by atoms with Gasteiger partial charge < -0.3 is 0 Å².